The highest BCUT2D eigenvalue weighted by Crippen LogP contribution is 2.32. The van der Waals surface area contributed by atoms with E-state index in [1.165, 1.54) is 0 Å². The van der Waals surface area contributed by atoms with Gasteiger partial charge in [-0.15, -0.1) is 12.4 Å². The number of carbonyl (C=O) groups is 2. The molecule has 0 bridgehead atoms. The molecule has 1 saturated heterocycles. The van der Waals surface area contributed by atoms with Gasteiger partial charge in [-0.05, 0) is 49.8 Å². The van der Waals surface area contributed by atoms with Crippen LogP contribution in [0, 0.1) is 5.92 Å². The molecule has 0 aromatic heterocycles. The summed E-state index contributed by atoms with van der Waals surface area (Å²) in [7, 11) is 0. The van der Waals surface area contributed by atoms with Gasteiger partial charge in [-0.2, -0.15) is 0 Å². The number of hydrogen-bond acceptors (Lipinski definition) is 3. The van der Waals surface area contributed by atoms with Crippen molar-refractivity contribution in [3.63, 3.8) is 0 Å². The van der Waals surface area contributed by atoms with Gasteiger partial charge in [-0.1, -0.05) is 23.2 Å². The van der Waals surface area contributed by atoms with Gasteiger partial charge < -0.3 is 16.0 Å². The number of nitrogens with zero attached hydrogens (tertiary/aromatic N) is 1. The summed E-state index contributed by atoms with van der Waals surface area (Å²) in [5.41, 5.74) is 6.20. The average Bonchev–Trinajstić information content (AvgIpc) is 3.30. The van der Waals surface area contributed by atoms with Crippen LogP contribution >= 0.6 is 35.6 Å². The quantitative estimate of drug-likeness (QED) is 0.789. The van der Waals surface area contributed by atoms with Crippen LogP contribution in [0.15, 0.2) is 18.2 Å². The topological polar surface area (TPSA) is 75.4 Å². The van der Waals surface area contributed by atoms with Gasteiger partial charge in [0.25, 0.3) is 5.91 Å². The summed E-state index contributed by atoms with van der Waals surface area (Å²) in [6.07, 6.45) is 3.69. The van der Waals surface area contributed by atoms with Crippen molar-refractivity contribution in [1.82, 2.24) is 10.2 Å². The van der Waals surface area contributed by atoms with Crippen LogP contribution in [-0.2, 0) is 4.79 Å². The SMILES string of the molecule is Cl.NCC(NC(=O)C1CCCN1C(=O)c1ccc(Cl)c(Cl)c1)C1CC1. The first kappa shape index (κ1) is 20.3. The number of amides is 2. The molecule has 0 spiro atoms. The smallest absolute Gasteiger partial charge is 0.254 e. The molecule has 2 fully saturated rings. The van der Waals surface area contributed by atoms with Crippen LogP contribution < -0.4 is 11.1 Å². The van der Waals surface area contributed by atoms with Crippen LogP contribution in [0.2, 0.25) is 10.0 Å². The van der Waals surface area contributed by atoms with Crippen LogP contribution in [0.5, 0.6) is 0 Å². The maximum Gasteiger partial charge on any atom is 0.254 e. The van der Waals surface area contributed by atoms with E-state index in [0.29, 0.717) is 41.0 Å². The number of carbonyl (C=O) groups excluding carboxylic acids is 2. The van der Waals surface area contributed by atoms with E-state index in [9.17, 15) is 9.59 Å². The standard InChI is InChI=1S/C17H21Cl2N3O2.ClH/c18-12-6-5-11(8-13(12)19)17(24)22-7-1-2-15(22)16(23)21-14(9-20)10-3-4-10;/h5-6,8,10,14-15H,1-4,7,9,20H2,(H,21,23);1H. The number of nitrogens with two attached hydrogens (primary N) is 1. The number of nitrogens with one attached hydrogen (secondary N) is 1. The van der Waals surface area contributed by atoms with Crippen LogP contribution in [0.1, 0.15) is 36.0 Å². The monoisotopic (exact) mass is 405 g/mol. The summed E-state index contributed by atoms with van der Waals surface area (Å²) in [5.74, 6) is 0.185. The van der Waals surface area contributed by atoms with E-state index < -0.39 is 6.04 Å². The summed E-state index contributed by atoms with van der Waals surface area (Å²) in [6, 6.07) is 4.35. The Kier molecular flexibility index (Phi) is 6.97. The normalized spacial score (nSPS) is 20.8. The Balaban J connectivity index is 0.00000225. The lowest BCUT2D eigenvalue weighted by molar-refractivity contribution is -0.125. The summed E-state index contributed by atoms with van der Waals surface area (Å²) in [5, 5.41) is 3.76. The molecule has 138 valence electrons. The van der Waals surface area contributed by atoms with E-state index in [2.05, 4.69) is 5.32 Å². The maximum absolute atomic E-state index is 12.7. The third-order valence-electron chi connectivity index (χ3n) is 4.76. The van der Waals surface area contributed by atoms with Gasteiger partial charge in [0, 0.05) is 24.7 Å². The molecule has 1 aromatic carbocycles. The largest absolute Gasteiger partial charge is 0.350 e. The number of likely N-dealkylation sites (tertiary alicyclic amines) is 1. The van der Waals surface area contributed by atoms with E-state index in [1.807, 2.05) is 0 Å². The molecule has 5 nitrogen and oxygen atoms in total. The lowest BCUT2D eigenvalue weighted by Gasteiger charge is -2.26. The second-order valence-corrected chi connectivity index (χ2v) is 7.29. The number of rotatable bonds is 5. The Labute approximate surface area is 163 Å². The Hall–Kier alpha value is -1.01. The summed E-state index contributed by atoms with van der Waals surface area (Å²) >= 11 is 11.9. The van der Waals surface area contributed by atoms with Crippen LogP contribution in [0.25, 0.3) is 0 Å². The predicted molar refractivity (Wildman–Crippen MR) is 101 cm³/mol. The van der Waals surface area contributed by atoms with Gasteiger partial charge in [0.1, 0.15) is 6.04 Å². The molecule has 1 saturated carbocycles. The molecule has 2 unspecified atom stereocenters. The molecule has 2 atom stereocenters. The van der Waals surface area contributed by atoms with E-state index in [1.54, 1.807) is 23.1 Å². The Morgan fingerprint density at radius 1 is 1.24 bits per heavy atom. The predicted octanol–water partition coefficient (Wildman–Crippen LogP) is 2.87. The van der Waals surface area contributed by atoms with Crippen LogP contribution in [0.3, 0.4) is 0 Å². The molecule has 2 aliphatic rings. The van der Waals surface area contributed by atoms with E-state index >= 15 is 0 Å². The van der Waals surface area contributed by atoms with Gasteiger partial charge in [-0.25, -0.2) is 0 Å². The summed E-state index contributed by atoms with van der Waals surface area (Å²) in [4.78, 5) is 27.0. The highest BCUT2D eigenvalue weighted by molar-refractivity contribution is 6.42. The van der Waals surface area contributed by atoms with Crippen molar-refractivity contribution < 1.29 is 9.59 Å². The van der Waals surface area contributed by atoms with Crippen molar-refractivity contribution in [3.8, 4) is 0 Å². The molecule has 1 aliphatic carbocycles. The molecular weight excluding hydrogens is 385 g/mol. The fourth-order valence-corrected chi connectivity index (χ4v) is 3.52. The van der Waals surface area contributed by atoms with Gasteiger partial charge in [0.2, 0.25) is 5.91 Å². The second kappa shape index (κ2) is 8.58. The van der Waals surface area contributed by atoms with Gasteiger partial charge in [-0.3, -0.25) is 9.59 Å². The third kappa shape index (κ3) is 4.59. The van der Waals surface area contributed by atoms with E-state index in [-0.39, 0.29) is 30.3 Å². The molecule has 1 aliphatic heterocycles. The third-order valence-corrected chi connectivity index (χ3v) is 5.49. The molecule has 3 N–H and O–H groups in total. The minimum atomic E-state index is -0.445. The minimum Gasteiger partial charge on any atom is -0.350 e. The van der Waals surface area contributed by atoms with E-state index in [0.717, 1.165) is 19.3 Å². The summed E-state index contributed by atoms with van der Waals surface area (Å²) < 4.78 is 0. The Morgan fingerprint density at radius 2 is 1.96 bits per heavy atom. The molecule has 25 heavy (non-hydrogen) atoms. The van der Waals surface area contributed by atoms with E-state index in [4.69, 9.17) is 28.9 Å². The molecule has 3 rings (SSSR count). The van der Waals surface area contributed by atoms with Gasteiger partial charge in [0.05, 0.1) is 10.0 Å². The minimum absolute atomic E-state index is 0. The maximum atomic E-state index is 12.7. The summed E-state index contributed by atoms with van der Waals surface area (Å²) in [6.45, 7) is 0.998. The zero-order valence-electron chi connectivity index (χ0n) is 13.7. The van der Waals surface area contributed by atoms with Crippen molar-refractivity contribution in [1.29, 1.82) is 0 Å². The van der Waals surface area contributed by atoms with Crippen molar-refractivity contribution >= 4 is 47.4 Å². The number of benzene rings is 1. The van der Waals surface area contributed by atoms with Crippen LogP contribution in [-0.4, -0.2) is 41.9 Å². The molecule has 2 amide bonds. The van der Waals surface area contributed by atoms with Gasteiger partial charge in [0.15, 0.2) is 0 Å². The Morgan fingerprint density at radius 3 is 2.56 bits per heavy atom. The molecule has 1 heterocycles. The van der Waals surface area contributed by atoms with Crippen LogP contribution in [0.4, 0.5) is 0 Å². The molecule has 1 aromatic rings. The number of hydrogen-bond donors (Lipinski definition) is 2. The first-order valence-electron chi connectivity index (χ1n) is 8.27. The Bertz CT molecular complexity index is 652. The molecule has 0 radical (unpaired) electrons. The number of halogens is 3. The first-order chi connectivity index (χ1) is 11.5. The van der Waals surface area contributed by atoms with Gasteiger partial charge >= 0.3 is 0 Å². The first-order valence-corrected chi connectivity index (χ1v) is 9.03. The lowest BCUT2D eigenvalue weighted by atomic mass is 10.1. The van der Waals surface area contributed by atoms with Crippen molar-refractivity contribution in [2.45, 2.75) is 37.8 Å². The highest BCUT2D eigenvalue weighted by Gasteiger charge is 2.38. The molecule has 8 heteroatoms. The zero-order chi connectivity index (χ0) is 17.3. The second-order valence-electron chi connectivity index (χ2n) is 6.47. The lowest BCUT2D eigenvalue weighted by Crippen LogP contribution is -2.51. The zero-order valence-corrected chi connectivity index (χ0v) is 16.0. The molecular formula is C17H22Cl3N3O2. The van der Waals surface area contributed by atoms with Crippen molar-refractivity contribution in [2.24, 2.45) is 11.7 Å². The van der Waals surface area contributed by atoms with Crippen molar-refractivity contribution in [3.05, 3.63) is 33.8 Å². The van der Waals surface area contributed by atoms with Crippen molar-refractivity contribution in [2.75, 3.05) is 13.1 Å². The fraction of sp³-hybridized carbons (Fsp3) is 0.529. The average molecular weight is 407 g/mol. The fourth-order valence-electron chi connectivity index (χ4n) is 3.22. The highest BCUT2D eigenvalue weighted by atomic mass is 35.5.